The third-order valence-corrected chi connectivity index (χ3v) is 4.56. The number of benzene rings is 1. The average Bonchev–Trinajstić information content (AvgIpc) is 2.51. The van der Waals surface area contributed by atoms with E-state index in [1.165, 1.54) is 17.6 Å². The van der Waals surface area contributed by atoms with Crippen LogP contribution in [0.15, 0.2) is 48.1 Å². The van der Waals surface area contributed by atoms with Gasteiger partial charge < -0.3 is 4.74 Å². The molecule has 2 unspecified atom stereocenters. The Kier molecular flexibility index (Phi) is 4.79. The number of hydrogen-bond donors (Lipinski definition) is 0. The number of amides is 1. The molecule has 2 aliphatic rings. The van der Waals surface area contributed by atoms with Crippen LogP contribution in [0.1, 0.15) is 52.0 Å². The lowest BCUT2D eigenvalue weighted by molar-refractivity contribution is -0.00113. The van der Waals surface area contributed by atoms with E-state index in [2.05, 4.69) is 30.4 Å². The Morgan fingerprint density at radius 1 is 1.17 bits per heavy atom. The van der Waals surface area contributed by atoms with Crippen LogP contribution in [0.3, 0.4) is 0 Å². The van der Waals surface area contributed by atoms with Gasteiger partial charge in [-0.2, -0.15) is 0 Å². The first kappa shape index (κ1) is 16.8. The van der Waals surface area contributed by atoms with Crippen LogP contribution in [0.5, 0.6) is 0 Å². The molecule has 0 saturated carbocycles. The monoisotopic (exact) mass is 325 g/mol. The summed E-state index contributed by atoms with van der Waals surface area (Å²) in [6.07, 6.45) is 10.6. The second-order valence-electron chi connectivity index (χ2n) is 7.73. The van der Waals surface area contributed by atoms with E-state index in [4.69, 9.17) is 4.74 Å². The van der Waals surface area contributed by atoms with E-state index < -0.39 is 5.60 Å². The van der Waals surface area contributed by atoms with Crippen LogP contribution in [0.2, 0.25) is 0 Å². The first-order valence-corrected chi connectivity index (χ1v) is 8.87. The lowest BCUT2D eigenvalue weighted by Gasteiger charge is -2.44. The van der Waals surface area contributed by atoms with E-state index in [0.717, 1.165) is 19.3 Å². The summed E-state index contributed by atoms with van der Waals surface area (Å²) in [6, 6.07) is 10.8. The van der Waals surface area contributed by atoms with Gasteiger partial charge in [-0.05, 0) is 57.6 Å². The molecular weight excluding hydrogens is 298 g/mol. The zero-order valence-corrected chi connectivity index (χ0v) is 14.9. The first-order chi connectivity index (χ1) is 11.4. The highest BCUT2D eigenvalue weighted by atomic mass is 16.6. The largest absolute Gasteiger partial charge is 0.444 e. The summed E-state index contributed by atoms with van der Waals surface area (Å²) >= 11 is 0. The van der Waals surface area contributed by atoms with Crippen LogP contribution < -0.4 is 0 Å². The number of hydrogen-bond acceptors (Lipinski definition) is 2. The van der Waals surface area contributed by atoms with Gasteiger partial charge in [-0.3, -0.25) is 4.90 Å². The standard InChI is InChI=1S/C21H27NO2/c1-21(2,3)24-20(23)22-18-10-7-11-19(22)15-17(14-18)13-12-16-8-5-4-6-9-16/h4-6,8-9,12-14,18-19H,7,10-11,15H2,1-3H3/b13-12+. The summed E-state index contributed by atoms with van der Waals surface area (Å²) in [4.78, 5) is 14.5. The Labute approximate surface area is 145 Å². The highest BCUT2D eigenvalue weighted by molar-refractivity contribution is 5.70. The van der Waals surface area contributed by atoms with Gasteiger partial charge in [0.15, 0.2) is 0 Å². The molecule has 1 saturated heterocycles. The minimum absolute atomic E-state index is 0.167. The highest BCUT2D eigenvalue weighted by Crippen LogP contribution is 2.35. The highest BCUT2D eigenvalue weighted by Gasteiger charge is 2.38. The Balaban J connectivity index is 1.75. The van der Waals surface area contributed by atoms with E-state index in [9.17, 15) is 4.79 Å². The van der Waals surface area contributed by atoms with Crippen molar-refractivity contribution in [3.63, 3.8) is 0 Å². The van der Waals surface area contributed by atoms with Gasteiger partial charge in [0.25, 0.3) is 0 Å². The first-order valence-electron chi connectivity index (χ1n) is 8.87. The number of rotatable bonds is 2. The van der Waals surface area contributed by atoms with Gasteiger partial charge in [0.2, 0.25) is 0 Å². The second-order valence-corrected chi connectivity index (χ2v) is 7.73. The van der Waals surface area contributed by atoms with Crippen LogP contribution in [0, 0.1) is 0 Å². The van der Waals surface area contributed by atoms with Crippen molar-refractivity contribution < 1.29 is 9.53 Å². The summed E-state index contributed by atoms with van der Waals surface area (Å²) < 4.78 is 5.62. The molecule has 2 heterocycles. The number of carbonyl (C=O) groups excluding carboxylic acids is 1. The molecule has 3 rings (SSSR count). The van der Waals surface area contributed by atoms with Gasteiger partial charge in [-0.25, -0.2) is 4.79 Å². The third-order valence-electron chi connectivity index (χ3n) is 4.56. The van der Waals surface area contributed by atoms with Crippen LogP contribution in [-0.2, 0) is 4.74 Å². The van der Waals surface area contributed by atoms with E-state index in [1.807, 2.05) is 43.9 Å². The molecule has 1 amide bonds. The molecule has 0 spiro atoms. The molecule has 24 heavy (non-hydrogen) atoms. The zero-order valence-electron chi connectivity index (χ0n) is 14.9. The van der Waals surface area contributed by atoms with Crippen LogP contribution in [-0.4, -0.2) is 28.7 Å². The molecule has 0 radical (unpaired) electrons. The smallest absolute Gasteiger partial charge is 0.411 e. The molecule has 0 aliphatic carbocycles. The average molecular weight is 325 g/mol. The molecule has 0 N–H and O–H groups in total. The molecule has 128 valence electrons. The number of fused-ring (bicyclic) bond motifs is 2. The van der Waals surface area contributed by atoms with Gasteiger partial charge in [0.1, 0.15) is 5.60 Å². The normalized spacial score (nSPS) is 24.0. The molecule has 1 fully saturated rings. The Morgan fingerprint density at radius 2 is 1.92 bits per heavy atom. The Bertz CT molecular complexity index is 640. The van der Waals surface area contributed by atoms with Crippen molar-refractivity contribution in [1.29, 1.82) is 0 Å². The maximum atomic E-state index is 12.6. The van der Waals surface area contributed by atoms with Crippen LogP contribution in [0.4, 0.5) is 4.79 Å². The van der Waals surface area contributed by atoms with Crippen molar-refractivity contribution in [2.45, 2.75) is 64.1 Å². The summed E-state index contributed by atoms with van der Waals surface area (Å²) in [5, 5.41) is 0. The predicted molar refractivity (Wildman–Crippen MR) is 97.7 cm³/mol. The SMILES string of the molecule is CC(C)(C)OC(=O)N1C2C=C(/C=C/c3ccccc3)CC1CCC2. The van der Waals surface area contributed by atoms with Crippen molar-refractivity contribution in [1.82, 2.24) is 4.90 Å². The van der Waals surface area contributed by atoms with Crippen molar-refractivity contribution in [3.05, 3.63) is 53.6 Å². The maximum Gasteiger partial charge on any atom is 0.411 e. The molecule has 2 bridgehead atoms. The summed E-state index contributed by atoms with van der Waals surface area (Å²) in [5.74, 6) is 0. The van der Waals surface area contributed by atoms with E-state index in [1.54, 1.807) is 0 Å². The van der Waals surface area contributed by atoms with Crippen molar-refractivity contribution in [3.8, 4) is 0 Å². The van der Waals surface area contributed by atoms with Gasteiger partial charge >= 0.3 is 6.09 Å². The molecule has 2 aliphatic heterocycles. The van der Waals surface area contributed by atoms with Crippen molar-refractivity contribution in [2.24, 2.45) is 0 Å². The topological polar surface area (TPSA) is 29.5 Å². The van der Waals surface area contributed by atoms with Crippen molar-refractivity contribution in [2.75, 3.05) is 0 Å². The van der Waals surface area contributed by atoms with E-state index in [0.29, 0.717) is 0 Å². The molecule has 3 nitrogen and oxygen atoms in total. The molecular formula is C21H27NO2. The van der Waals surface area contributed by atoms with E-state index >= 15 is 0 Å². The molecule has 1 aromatic rings. The molecule has 0 aromatic heterocycles. The summed E-state index contributed by atoms with van der Waals surface area (Å²) in [7, 11) is 0. The quantitative estimate of drug-likeness (QED) is 0.749. The number of piperidine rings is 1. The Morgan fingerprint density at radius 3 is 2.58 bits per heavy atom. The maximum absolute atomic E-state index is 12.6. The molecule has 1 aromatic carbocycles. The lowest BCUT2D eigenvalue weighted by Crippen LogP contribution is -2.53. The predicted octanol–water partition coefficient (Wildman–Crippen LogP) is 5.19. The Hall–Kier alpha value is -2.03. The van der Waals surface area contributed by atoms with Gasteiger partial charge in [-0.15, -0.1) is 0 Å². The number of ether oxygens (including phenoxy) is 1. The van der Waals surface area contributed by atoms with Gasteiger partial charge in [-0.1, -0.05) is 48.6 Å². The number of carbonyl (C=O) groups is 1. The van der Waals surface area contributed by atoms with Crippen LogP contribution >= 0.6 is 0 Å². The summed E-state index contributed by atoms with van der Waals surface area (Å²) in [5.41, 5.74) is 2.09. The van der Waals surface area contributed by atoms with Crippen LogP contribution in [0.25, 0.3) is 6.08 Å². The number of nitrogens with zero attached hydrogens (tertiary/aromatic N) is 1. The van der Waals surface area contributed by atoms with Crippen molar-refractivity contribution >= 4 is 12.2 Å². The minimum atomic E-state index is -0.442. The third kappa shape index (κ3) is 4.08. The van der Waals surface area contributed by atoms with Gasteiger partial charge in [0, 0.05) is 6.04 Å². The molecule has 3 heteroatoms. The molecule has 2 atom stereocenters. The fraction of sp³-hybridized carbons (Fsp3) is 0.476. The fourth-order valence-corrected chi connectivity index (χ4v) is 3.55. The number of allylic oxidation sites excluding steroid dienone is 1. The minimum Gasteiger partial charge on any atom is -0.444 e. The summed E-state index contributed by atoms with van der Waals surface area (Å²) in [6.45, 7) is 5.78. The van der Waals surface area contributed by atoms with E-state index in [-0.39, 0.29) is 18.2 Å². The van der Waals surface area contributed by atoms with Gasteiger partial charge in [0.05, 0.1) is 6.04 Å². The fourth-order valence-electron chi connectivity index (χ4n) is 3.55. The lowest BCUT2D eigenvalue weighted by atomic mass is 9.85. The zero-order chi connectivity index (χ0) is 17.2. The second kappa shape index (κ2) is 6.84.